The Labute approximate surface area is 196 Å². The van der Waals surface area contributed by atoms with Crippen LogP contribution in [0.4, 0.5) is 5.69 Å². The summed E-state index contributed by atoms with van der Waals surface area (Å²) in [6, 6.07) is 16.8. The molecule has 1 aromatic heterocycles. The summed E-state index contributed by atoms with van der Waals surface area (Å²) in [7, 11) is -1.96. The Morgan fingerprint density at radius 3 is 2.33 bits per heavy atom. The van der Waals surface area contributed by atoms with Crippen LogP contribution in [0, 0.1) is 13.8 Å². The van der Waals surface area contributed by atoms with Crippen LogP contribution in [-0.2, 0) is 10.0 Å². The van der Waals surface area contributed by atoms with Crippen LogP contribution in [-0.4, -0.2) is 53.2 Å². The van der Waals surface area contributed by atoms with Gasteiger partial charge in [0.15, 0.2) is 0 Å². The highest BCUT2D eigenvalue weighted by atomic mass is 32.2. The Kier molecular flexibility index (Phi) is 7.07. The fraction of sp³-hybridized carbons (Fsp3) is 0.360. The molecule has 0 amide bonds. The second kappa shape index (κ2) is 9.99. The minimum absolute atomic E-state index is 0.181. The van der Waals surface area contributed by atoms with Gasteiger partial charge in [-0.1, -0.05) is 6.07 Å². The van der Waals surface area contributed by atoms with E-state index in [-0.39, 0.29) is 17.5 Å². The van der Waals surface area contributed by atoms with E-state index in [1.165, 1.54) is 0 Å². The maximum absolute atomic E-state index is 13.0. The van der Waals surface area contributed by atoms with Crippen molar-refractivity contribution in [3.63, 3.8) is 0 Å². The molecule has 0 spiro atoms. The highest BCUT2D eigenvalue weighted by Gasteiger charge is 2.28. The second-order valence-corrected chi connectivity index (χ2v) is 10.1. The van der Waals surface area contributed by atoms with E-state index in [0.717, 1.165) is 54.5 Å². The Morgan fingerprint density at radius 1 is 1.00 bits per heavy atom. The molecule has 8 heteroatoms. The van der Waals surface area contributed by atoms with Crippen molar-refractivity contribution in [2.45, 2.75) is 24.8 Å². The molecule has 0 aliphatic carbocycles. The van der Waals surface area contributed by atoms with Crippen molar-refractivity contribution in [2.24, 2.45) is 0 Å². The minimum atomic E-state index is -3.63. The molecule has 3 aromatic rings. The third-order valence-corrected chi connectivity index (χ3v) is 7.74. The molecule has 176 valence electrons. The number of aryl methyl sites for hydroxylation is 2. The van der Waals surface area contributed by atoms with Crippen molar-refractivity contribution in [1.29, 1.82) is 0 Å². The van der Waals surface area contributed by atoms with Crippen molar-refractivity contribution in [2.75, 3.05) is 44.7 Å². The lowest BCUT2D eigenvalue weighted by Gasteiger charge is -2.39. The van der Waals surface area contributed by atoms with Crippen molar-refractivity contribution in [3.05, 3.63) is 77.7 Å². The molecule has 1 fully saturated rings. The molecule has 0 saturated carbocycles. The van der Waals surface area contributed by atoms with Gasteiger partial charge in [-0.25, -0.2) is 13.1 Å². The van der Waals surface area contributed by atoms with E-state index in [1.807, 2.05) is 44.2 Å². The van der Waals surface area contributed by atoms with Gasteiger partial charge in [-0.3, -0.25) is 4.90 Å². The highest BCUT2D eigenvalue weighted by Crippen LogP contribution is 2.26. The maximum Gasteiger partial charge on any atom is 0.240 e. The van der Waals surface area contributed by atoms with Gasteiger partial charge in [-0.2, -0.15) is 0 Å². The first-order valence-corrected chi connectivity index (χ1v) is 12.6. The summed E-state index contributed by atoms with van der Waals surface area (Å²) in [5, 5.41) is 0. The van der Waals surface area contributed by atoms with E-state index in [2.05, 4.69) is 26.7 Å². The van der Waals surface area contributed by atoms with Crippen LogP contribution in [0.2, 0.25) is 0 Å². The summed E-state index contributed by atoms with van der Waals surface area (Å²) in [4.78, 5) is 4.89. The molecule has 1 aliphatic heterocycles. The monoisotopic (exact) mass is 469 g/mol. The summed E-state index contributed by atoms with van der Waals surface area (Å²) < 4.78 is 39.7. The second-order valence-electron chi connectivity index (χ2n) is 8.35. The SMILES string of the molecule is COc1ccc(N2CCN(C(CNS(=O)(=O)c3ccc(C)c(C)c3)c3ccco3)CC2)cc1. The lowest BCUT2D eigenvalue weighted by molar-refractivity contribution is 0.166. The number of sulfonamides is 1. The zero-order chi connectivity index (χ0) is 23.4. The molecular formula is C25H31N3O4S. The van der Waals surface area contributed by atoms with Crippen LogP contribution in [0.15, 0.2) is 70.2 Å². The first-order chi connectivity index (χ1) is 15.9. The van der Waals surface area contributed by atoms with Crippen LogP contribution in [0.1, 0.15) is 22.9 Å². The van der Waals surface area contributed by atoms with E-state index in [0.29, 0.717) is 0 Å². The molecule has 0 radical (unpaired) electrons. The van der Waals surface area contributed by atoms with E-state index in [9.17, 15) is 8.42 Å². The minimum Gasteiger partial charge on any atom is -0.497 e. The van der Waals surface area contributed by atoms with Gasteiger partial charge in [-0.15, -0.1) is 0 Å². The quantitative estimate of drug-likeness (QED) is 0.542. The predicted molar refractivity (Wildman–Crippen MR) is 129 cm³/mol. The number of benzene rings is 2. The van der Waals surface area contributed by atoms with Gasteiger partial charge in [0, 0.05) is 38.4 Å². The number of piperazine rings is 1. The molecule has 7 nitrogen and oxygen atoms in total. The van der Waals surface area contributed by atoms with Crippen LogP contribution in [0.5, 0.6) is 5.75 Å². The molecule has 1 aliphatic rings. The number of nitrogens with zero attached hydrogens (tertiary/aromatic N) is 2. The number of ether oxygens (including phenoxy) is 1. The summed E-state index contributed by atoms with van der Waals surface area (Å²) >= 11 is 0. The van der Waals surface area contributed by atoms with Gasteiger partial charge in [0.2, 0.25) is 10.0 Å². The third kappa shape index (κ3) is 5.40. The Hall–Kier alpha value is -2.81. The number of nitrogens with one attached hydrogen (secondary N) is 1. The molecule has 2 heterocycles. The maximum atomic E-state index is 13.0. The molecule has 2 aromatic carbocycles. The topological polar surface area (TPSA) is 75.0 Å². The van der Waals surface area contributed by atoms with Crippen LogP contribution >= 0.6 is 0 Å². The largest absolute Gasteiger partial charge is 0.497 e. The predicted octanol–water partition coefficient (Wildman–Crippen LogP) is 3.75. The number of hydrogen-bond donors (Lipinski definition) is 1. The molecule has 1 saturated heterocycles. The van der Waals surface area contributed by atoms with Crippen molar-refractivity contribution in [1.82, 2.24) is 9.62 Å². The molecule has 0 bridgehead atoms. The standard InChI is InChI=1S/C25H31N3O4S/c1-19-6-11-23(17-20(19)2)33(29,30)26-18-24(25-5-4-16-32-25)28-14-12-27(13-15-28)21-7-9-22(31-3)10-8-21/h4-11,16-17,24,26H,12-15,18H2,1-3H3. The molecule has 1 N–H and O–H groups in total. The number of methoxy groups -OCH3 is 1. The first-order valence-electron chi connectivity index (χ1n) is 11.1. The molecule has 33 heavy (non-hydrogen) atoms. The molecular weight excluding hydrogens is 438 g/mol. The van der Waals surface area contributed by atoms with Gasteiger partial charge in [0.25, 0.3) is 0 Å². The van der Waals surface area contributed by atoms with E-state index in [1.54, 1.807) is 25.5 Å². The average molecular weight is 470 g/mol. The zero-order valence-corrected chi connectivity index (χ0v) is 20.1. The number of furan rings is 1. The average Bonchev–Trinajstić information content (AvgIpc) is 3.36. The Bertz CT molecular complexity index is 1150. The van der Waals surface area contributed by atoms with Gasteiger partial charge in [0.05, 0.1) is 24.3 Å². The first kappa shape index (κ1) is 23.4. The van der Waals surface area contributed by atoms with Gasteiger partial charge >= 0.3 is 0 Å². The summed E-state index contributed by atoms with van der Waals surface area (Å²) in [5.41, 5.74) is 3.17. The highest BCUT2D eigenvalue weighted by molar-refractivity contribution is 7.89. The number of hydrogen-bond acceptors (Lipinski definition) is 6. The molecule has 4 rings (SSSR count). The summed E-state index contributed by atoms with van der Waals surface area (Å²) in [5.74, 6) is 1.60. The van der Waals surface area contributed by atoms with Crippen molar-refractivity contribution in [3.8, 4) is 5.75 Å². The van der Waals surface area contributed by atoms with Crippen molar-refractivity contribution < 1.29 is 17.6 Å². The fourth-order valence-corrected chi connectivity index (χ4v) is 5.25. The third-order valence-electron chi connectivity index (χ3n) is 6.32. The van der Waals surface area contributed by atoms with E-state index < -0.39 is 10.0 Å². The van der Waals surface area contributed by atoms with Crippen LogP contribution in [0.3, 0.4) is 0 Å². The van der Waals surface area contributed by atoms with Gasteiger partial charge in [0.1, 0.15) is 11.5 Å². The summed E-state index contributed by atoms with van der Waals surface area (Å²) in [6.07, 6.45) is 1.63. The van der Waals surface area contributed by atoms with Gasteiger partial charge < -0.3 is 14.1 Å². The normalized spacial score (nSPS) is 16.0. The fourth-order valence-electron chi connectivity index (χ4n) is 4.13. The van der Waals surface area contributed by atoms with E-state index in [4.69, 9.17) is 9.15 Å². The number of anilines is 1. The van der Waals surface area contributed by atoms with E-state index >= 15 is 0 Å². The lowest BCUT2D eigenvalue weighted by Crippen LogP contribution is -2.49. The van der Waals surface area contributed by atoms with Crippen LogP contribution < -0.4 is 14.4 Å². The van der Waals surface area contributed by atoms with Crippen molar-refractivity contribution >= 4 is 15.7 Å². The number of rotatable bonds is 8. The van der Waals surface area contributed by atoms with Crippen LogP contribution in [0.25, 0.3) is 0 Å². The molecule has 1 unspecified atom stereocenters. The smallest absolute Gasteiger partial charge is 0.240 e. The zero-order valence-electron chi connectivity index (χ0n) is 19.3. The van der Waals surface area contributed by atoms with Gasteiger partial charge in [-0.05, 0) is 73.5 Å². The summed E-state index contributed by atoms with van der Waals surface area (Å²) in [6.45, 7) is 7.40. The lowest BCUT2D eigenvalue weighted by atomic mass is 10.1. The Morgan fingerprint density at radius 2 is 1.73 bits per heavy atom. The Balaban J connectivity index is 1.44. The molecule has 1 atom stereocenters.